The third-order valence-electron chi connectivity index (χ3n) is 5.67. The van der Waals surface area contributed by atoms with Crippen molar-refractivity contribution in [3.63, 3.8) is 0 Å². The van der Waals surface area contributed by atoms with E-state index in [1.54, 1.807) is 26.0 Å². The number of benzene rings is 2. The lowest BCUT2D eigenvalue weighted by atomic mass is 9.74. The van der Waals surface area contributed by atoms with E-state index in [2.05, 4.69) is 0 Å². The summed E-state index contributed by atoms with van der Waals surface area (Å²) in [6.07, 6.45) is 2.90. The molecule has 0 amide bonds. The second-order valence-corrected chi connectivity index (χ2v) is 7.41. The number of hydrogen-bond donors (Lipinski definition) is 0. The largest absolute Gasteiger partial charge is 0.491 e. The highest BCUT2D eigenvalue weighted by Gasteiger charge is 2.29. The van der Waals surface area contributed by atoms with Gasteiger partial charge in [-0.2, -0.15) is 4.39 Å². The van der Waals surface area contributed by atoms with Gasteiger partial charge in [0.05, 0.1) is 19.5 Å². The monoisotopic (exact) mass is 422 g/mol. The second-order valence-electron chi connectivity index (χ2n) is 7.41. The molecule has 1 aliphatic rings. The van der Waals surface area contributed by atoms with Crippen molar-refractivity contribution in [3.05, 3.63) is 65.2 Å². The van der Waals surface area contributed by atoms with Crippen molar-refractivity contribution >= 4 is 5.57 Å². The van der Waals surface area contributed by atoms with Crippen LogP contribution in [0.25, 0.3) is 5.57 Å². The van der Waals surface area contributed by atoms with E-state index in [0.29, 0.717) is 55.3 Å². The van der Waals surface area contributed by atoms with Gasteiger partial charge in [-0.15, -0.1) is 0 Å². The normalized spacial score (nSPS) is 19.6. The summed E-state index contributed by atoms with van der Waals surface area (Å²) < 4.78 is 66.9. The minimum atomic E-state index is -0.967. The van der Waals surface area contributed by atoms with Gasteiger partial charge in [0.1, 0.15) is 0 Å². The molecule has 1 saturated carbocycles. The van der Waals surface area contributed by atoms with E-state index in [1.165, 1.54) is 18.2 Å². The molecule has 0 spiro atoms. The predicted molar refractivity (Wildman–Crippen MR) is 109 cm³/mol. The van der Waals surface area contributed by atoms with Gasteiger partial charge in [-0.25, -0.2) is 13.2 Å². The predicted octanol–water partition coefficient (Wildman–Crippen LogP) is 7.19. The number of rotatable bonds is 7. The molecule has 3 rings (SSSR count). The Morgan fingerprint density at radius 3 is 2.13 bits per heavy atom. The van der Waals surface area contributed by atoms with Crippen LogP contribution in [0.4, 0.5) is 17.6 Å². The maximum Gasteiger partial charge on any atom is 0.200 e. The van der Waals surface area contributed by atoms with Crippen LogP contribution in [0.15, 0.2) is 36.7 Å². The van der Waals surface area contributed by atoms with Crippen LogP contribution in [0.5, 0.6) is 11.5 Å². The Hall–Kier alpha value is -2.50. The van der Waals surface area contributed by atoms with E-state index >= 15 is 0 Å². The number of hydrogen-bond acceptors (Lipinski definition) is 2. The zero-order valence-corrected chi connectivity index (χ0v) is 17.2. The van der Waals surface area contributed by atoms with Crippen LogP contribution >= 0.6 is 0 Å². The Labute approximate surface area is 174 Å². The molecule has 0 unspecified atom stereocenters. The average molecular weight is 422 g/mol. The summed E-state index contributed by atoms with van der Waals surface area (Å²) in [5, 5.41) is 0. The Bertz CT molecular complexity index is 902. The Balaban J connectivity index is 1.72. The lowest BCUT2D eigenvalue weighted by Crippen LogP contribution is -2.16. The minimum absolute atomic E-state index is 0.0902. The summed E-state index contributed by atoms with van der Waals surface area (Å²) in [6.45, 7) is 4.07. The van der Waals surface area contributed by atoms with Crippen LogP contribution in [0, 0.1) is 23.4 Å². The van der Waals surface area contributed by atoms with Crippen molar-refractivity contribution in [1.29, 1.82) is 0 Å². The van der Waals surface area contributed by atoms with Crippen molar-refractivity contribution in [2.45, 2.75) is 45.4 Å². The fourth-order valence-corrected chi connectivity index (χ4v) is 4.19. The highest BCUT2D eigenvalue weighted by molar-refractivity contribution is 5.67. The molecule has 0 radical (unpaired) electrons. The van der Waals surface area contributed by atoms with Crippen molar-refractivity contribution in [2.75, 3.05) is 13.2 Å². The summed E-state index contributed by atoms with van der Waals surface area (Å²) in [5.74, 6) is -2.59. The Morgan fingerprint density at radius 1 is 0.900 bits per heavy atom. The van der Waals surface area contributed by atoms with Crippen LogP contribution in [0.1, 0.15) is 56.6 Å². The molecule has 2 nitrogen and oxygen atoms in total. The molecular weight excluding hydrogens is 396 g/mol. The minimum Gasteiger partial charge on any atom is -0.491 e. The van der Waals surface area contributed by atoms with Gasteiger partial charge in [-0.1, -0.05) is 12.1 Å². The first-order valence-electron chi connectivity index (χ1n) is 10.3. The molecule has 0 aromatic heterocycles. The molecule has 0 N–H and O–H groups in total. The molecule has 6 heteroatoms. The van der Waals surface area contributed by atoms with Gasteiger partial charge >= 0.3 is 0 Å². The molecule has 2 aromatic carbocycles. The van der Waals surface area contributed by atoms with Crippen LogP contribution in [0.3, 0.4) is 0 Å². The molecule has 0 heterocycles. The topological polar surface area (TPSA) is 18.5 Å². The molecule has 162 valence electrons. The number of allylic oxidation sites excluding steroid dienone is 1. The lowest BCUT2D eigenvalue weighted by Gasteiger charge is -2.30. The first-order valence-corrected chi connectivity index (χ1v) is 10.3. The fourth-order valence-electron chi connectivity index (χ4n) is 4.19. The van der Waals surface area contributed by atoms with E-state index in [1.807, 2.05) is 0 Å². The van der Waals surface area contributed by atoms with Crippen molar-refractivity contribution in [2.24, 2.45) is 5.92 Å². The average Bonchev–Trinajstić information content (AvgIpc) is 2.75. The van der Waals surface area contributed by atoms with Crippen molar-refractivity contribution in [3.8, 4) is 11.5 Å². The molecule has 1 fully saturated rings. The van der Waals surface area contributed by atoms with Gasteiger partial charge in [-0.05, 0) is 86.3 Å². The first-order chi connectivity index (χ1) is 14.5. The quantitative estimate of drug-likeness (QED) is 0.440. The van der Waals surface area contributed by atoms with Crippen LogP contribution in [-0.4, -0.2) is 13.2 Å². The Morgan fingerprint density at radius 2 is 1.53 bits per heavy atom. The van der Waals surface area contributed by atoms with E-state index in [-0.39, 0.29) is 29.9 Å². The van der Waals surface area contributed by atoms with E-state index in [9.17, 15) is 17.6 Å². The summed E-state index contributed by atoms with van der Waals surface area (Å²) >= 11 is 0. The third kappa shape index (κ3) is 4.63. The molecule has 30 heavy (non-hydrogen) atoms. The maximum absolute atomic E-state index is 14.5. The van der Waals surface area contributed by atoms with Crippen LogP contribution in [0.2, 0.25) is 0 Å². The van der Waals surface area contributed by atoms with Crippen molar-refractivity contribution in [1.82, 2.24) is 0 Å². The van der Waals surface area contributed by atoms with Gasteiger partial charge in [0.15, 0.2) is 23.1 Å². The summed E-state index contributed by atoms with van der Waals surface area (Å²) in [7, 11) is 0. The van der Waals surface area contributed by atoms with Crippen LogP contribution in [-0.2, 0) is 0 Å². The van der Waals surface area contributed by atoms with Gasteiger partial charge in [0, 0.05) is 0 Å². The number of halogens is 4. The summed E-state index contributed by atoms with van der Waals surface area (Å²) in [4.78, 5) is 0. The highest BCUT2D eigenvalue weighted by Crippen LogP contribution is 2.43. The first kappa shape index (κ1) is 22.2. The zero-order chi connectivity index (χ0) is 21.7. The standard InChI is InChI=1S/C24H26F4O2/c1-3-29-21-11-9-17(13-20(21)26)19(14-25)16-7-5-15(6-8-16)18-10-12-22(30-4-2)24(28)23(18)27/h9-16H,3-8H2,1-2H3. The zero-order valence-electron chi connectivity index (χ0n) is 17.2. The molecular formula is C24H26F4O2. The van der Waals surface area contributed by atoms with Gasteiger partial charge in [-0.3, -0.25) is 0 Å². The van der Waals surface area contributed by atoms with E-state index in [0.717, 1.165) is 0 Å². The molecule has 2 aromatic rings. The highest BCUT2D eigenvalue weighted by atomic mass is 19.2. The van der Waals surface area contributed by atoms with Gasteiger partial charge in [0.25, 0.3) is 0 Å². The summed E-state index contributed by atoms with van der Waals surface area (Å²) in [5.41, 5.74) is 1.22. The maximum atomic E-state index is 14.5. The Kier molecular flexibility index (Phi) is 7.40. The molecule has 0 saturated heterocycles. The smallest absolute Gasteiger partial charge is 0.200 e. The number of ether oxygens (including phenoxy) is 2. The van der Waals surface area contributed by atoms with Crippen LogP contribution < -0.4 is 9.47 Å². The molecule has 0 aliphatic heterocycles. The molecule has 0 atom stereocenters. The SMILES string of the molecule is CCOc1ccc(C(=CF)C2CCC(c3ccc(OCC)c(F)c3F)CC2)cc1F. The van der Waals surface area contributed by atoms with Gasteiger partial charge in [0.2, 0.25) is 5.82 Å². The van der Waals surface area contributed by atoms with Crippen molar-refractivity contribution < 1.29 is 27.0 Å². The third-order valence-corrected chi connectivity index (χ3v) is 5.67. The fraction of sp³-hybridized carbons (Fsp3) is 0.417. The second kappa shape index (κ2) is 10.0. The van der Waals surface area contributed by atoms with Gasteiger partial charge < -0.3 is 9.47 Å². The molecule has 1 aliphatic carbocycles. The van der Waals surface area contributed by atoms with E-state index in [4.69, 9.17) is 9.47 Å². The van der Waals surface area contributed by atoms with E-state index < -0.39 is 17.5 Å². The summed E-state index contributed by atoms with van der Waals surface area (Å²) in [6, 6.07) is 7.46. The molecule has 0 bridgehead atoms. The lowest BCUT2D eigenvalue weighted by molar-refractivity contribution is 0.310.